The molecule has 6 heteroatoms. The topological polar surface area (TPSA) is 74.7 Å². The van der Waals surface area contributed by atoms with Crippen LogP contribution in [0.4, 0.5) is 0 Å². The van der Waals surface area contributed by atoms with Gasteiger partial charge in [-0.2, -0.15) is 0 Å². The molecule has 0 aromatic heterocycles. The second-order valence-corrected chi connectivity index (χ2v) is 7.47. The third kappa shape index (κ3) is 2.31. The quantitative estimate of drug-likeness (QED) is 0.764. The lowest BCUT2D eigenvalue weighted by atomic mass is 9.78. The molecule has 102 valence electrons. The number of nitrogens with zero attached hydrogens (tertiary/aromatic N) is 1. The van der Waals surface area contributed by atoms with Crippen molar-refractivity contribution in [1.29, 1.82) is 0 Å². The molecule has 1 aliphatic heterocycles. The Morgan fingerprint density at radius 3 is 2.67 bits per heavy atom. The Morgan fingerprint density at radius 1 is 1.50 bits per heavy atom. The zero-order chi connectivity index (χ0) is 13.4. The summed E-state index contributed by atoms with van der Waals surface area (Å²) in [4.78, 5) is 11.5. The van der Waals surface area contributed by atoms with Gasteiger partial charge in [-0.25, -0.2) is 12.7 Å². The van der Waals surface area contributed by atoms with Gasteiger partial charge in [0.05, 0.1) is 10.7 Å². The highest BCUT2D eigenvalue weighted by molar-refractivity contribution is 7.90. The predicted molar refractivity (Wildman–Crippen MR) is 67.6 cm³/mol. The molecule has 1 saturated heterocycles. The van der Waals surface area contributed by atoms with E-state index >= 15 is 0 Å². The van der Waals surface area contributed by atoms with Crippen LogP contribution >= 0.6 is 0 Å². The first-order chi connectivity index (χ1) is 8.42. The molecule has 18 heavy (non-hydrogen) atoms. The van der Waals surface area contributed by atoms with Gasteiger partial charge in [0.2, 0.25) is 10.0 Å². The standard InChI is InChI=1S/C12H19NO4S/c1-2-6-12(11(14)15)7-3-8-13(9-12)18(16,17)10-4-5-10/h2,10H,1,3-9H2,(H,14,15). The number of piperidine rings is 1. The summed E-state index contributed by atoms with van der Waals surface area (Å²) in [7, 11) is -3.28. The van der Waals surface area contributed by atoms with Gasteiger partial charge in [-0.15, -0.1) is 6.58 Å². The lowest BCUT2D eigenvalue weighted by Crippen LogP contribution is -2.50. The summed E-state index contributed by atoms with van der Waals surface area (Å²) in [6.45, 7) is 4.13. The minimum atomic E-state index is -3.28. The maximum atomic E-state index is 12.2. The van der Waals surface area contributed by atoms with Crippen LogP contribution in [-0.4, -0.2) is 42.1 Å². The number of carboxylic acid groups (broad SMARTS) is 1. The third-order valence-electron chi connectivity index (χ3n) is 3.84. The van der Waals surface area contributed by atoms with Crippen LogP contribution in [-0.2, 0) is 14.8 Å². The van der Waals surface area contributed by atoms with Crippen LogP contribution in [0.1, 0.15) is 32.1 Å². The van der Waals surface area contributed by atoms with E-state index in [4.69, 9.17) is 0 Å². The molecule has 1 saturated carbocycles. The molecule has 0 aromatic carbocycles. The molecule has 1 N–H and O–H groups in total. The van der Waals surface area contributed by atoms with Gasteiger partial charge in [-0.1, -0.05) is 6.08 Å². The van der Waals surface area contributed by atoms with Crippen LogP contribution in [0.15, 0.2) is 12.7 Å². The smallest absolute Gasteiger partial charge is 0.311 e. The van der Waals surface area contributed by atoms with E-state index in [1.807, 2.05) is 0 Å². The molecule has 1 aliphatic carbocycles. The number of aliphatic carboxylic acids is 1. The summed E-state index contributed by atoms with van der Waals surface area (Å²) in [5.74, 6) is -0.918. The molecule has 5 nitrogen and oxygen atoms in total. The number of allylic oxidation sites excluding steroid dienone is 1. The maximum absolute atomic E-state index is 12.2. The average Bonchev–Trinajstić information content (AvgIpc) is 3.13. The molecule has 1 unspecified atom stereocenters. The highest BCUT2D eigenvalue weighted by atomic mass is 32.2. The number of hydrogen-bond donors (Lipinski definition) is 1. The van der Waals surface area contributed by atoms with Crippen LogP contribution in [0.2, 0.25) is 0 Å². The Bertz CT molecular complexity index is 455. The first-order valence-electron chi connectivity index (χ1n) is 6.26. The zero-order valence-electron chi connectivity index (χ0n) is 10.3. The Hall–Kier alpha value is -0.880. The van der Waals surface area contributed by atoms with Gasteiger partial charge in [-0.3, -0.25) is 4.79 Å². The molecule has 0 spiro atoms. The fourth-order valence-corrected chi connectivity index (χ4v) is 4.55. The van der Waals surface area contributed by atoms with Gasteiger partial charge in [0.1, 0.15) is 0 Å². The number of hydrogen-bond acceptors (Lipinski definition) is 3. The maximum Gasteiger partial charge on any atom is 0.311 e. The first-order valence-corrected chi connectivity index (χ1v) is 7.76. The van der Waals surface area contributed by atoms with Gasteiger partial charge in [0.25, 0.3) is 0 Å². The van der Waals surface area contributed by atoms with E-state index < -0.39 is 21.4 Å². The Labute approximate surface area is 108 Å². The second-order valence-electron chi connectivity index (χ2n) is 5.26. The van der Waals surface area contributed by atoms with Crippen LogP contribution in [0.25, 0.3) is 0 Å². The normalized spacial score (nSPS) is 30.0. The van der Waals surface area contributed by atoms with Crippen molar-refractivity contribution in [2.75, 3.05) is 13.1 Å². The van der Waals surface area contributed by atoms with Crippen molar-refractivity contribution >= 4 is 16.0 Å². The fourth-order valence-electron chi connectivity index (χ4n) is 2.59. The van der Waals surface area contributed by atoms with Gasteiger partial charge >= 0.3 is 5.97 Å². The molecule has 2 fully saturated rings. The van der Waals surface area contributed by atoms with Crippen LogP contribution in [0.3, 0.4) is 0 Å². The molecule has 0 bridgehead atoms. The second kappa shape index (κ2) is 4.66. The number of rotatable bonds is 5. The summed E-state index contributed by atoms with van der Waals surface area (Å²) in [6, 6.07) is 0. The Morgan fingerprint density at radius 2 is 2.17 bits per heavy atom. The third-order valence-corrected chi connectivity index (χ3v) is 6.18. The molecule has 1 heterocycles. The van der Waals surface area contributed by atoms with Crippen molar-refractivity contribution in [3.63, 3.8) is 0 Å². The number of carbonyl (C=O) groups is 1. The highest BCUT2D eigenvalue weighted by Gasteiger charge is 2.48. The molecular weight excluding hydrogens is 254 g/mol. The summed E-state index contributed by atoms with van der Waals surface area (Å²) >= 11 is 0. The molecule has 1 atom stereocenters. The van der Waals surface area contributed by atoms with Gasteiger partial charge < -0.3 is 5.11 Å². The largest absolute Gasteiger partial charge is 0.481 e. The van der Waals surface area contributed by atoms with Crippen LogP contribution < -0.4 is 0 Å². The van der Waals surface area contributed by atoms with Gasteiger partial charge in [0.15, 0.2) is 0 Å². The SMILES string of the molecule is C=CCC1(C(=O)O)CCCN(S(=O)(=O)C2CC2)C1. The van der Waals surface area contributed by atoms with E-state index in [1.54, 1.807) is 6.08 Å². The molecule has 0 amide bonds. The number of carboxylic acids is 1. The van der Waals surface area contributed by atoms with E-state index in [2.05, 4.69) is 6.58 Å². The van der Waals surface area contributed by atoms with Crippen LogP contribution in [0, 0.1) is 5.41 Å². The van der Waals surface area contributed by atoms with E-state index in [1.165, 1.54) is 4.31 Å². The Balaban J connectivity index is 2.21. The summed E-state index contributed by atoms with van der Waals surface area (Å²) < 4.78 is 25.7. The molecular formula is C12H19NO4S. The molecule has 2 aliphatic rings. The summed E-state index contributed by atoms with van der Waals surface area (Å²) in [6.07, 6.45) is 4.43. The molecule has 0 radical (unpaired) electrons. The minimum absolute atomic E-state index is 0.0905. The van der Waals surface area contributed by atoms with E-state index in [0.717, 1.165) is 0 Å². The van der Waals surface area contributed by atoms with E-state index in [0.29, 0.717) is 38.6 Å². The average molecular weight is 273 g/mol. The molecule has 2 rings (SSSR count). The van der Waals surface area contributed by atoms with Crippen molar-refractivity contribution in [1.82, 2.24) is 4.31 Å². The van der Waals surface area contributed by atoms with Gasteiger partial charge in [0, 0.05) is 13.1 Å². The minimum Gasteiger partial charge on any atom is -0.481 e. The predicted octanol–water partition coefficient (Wildman–Crippen LogP) is 1.22. The Kier molecular flexibility index (Phi) is 3.51. The summed E-state index contributed by atoms with van der Waals surface area (Å²) in [5, 5.41) is 9.12. The van der Waals surface area contributed by atoms with Crippen molar-refractivity contribution in [2.24, 2.45) is 5.41 Å². The monoisotopic (exact) mass is 273 g/mol. The van der Waals surface area contributed by atoms with E-state index in [-0.39, 0.29) is 11.8 Å². The van der Waals surface area contributed by atoms with Crippen LogP contribution in [0.5, 0.6) is 0 Å². The van der Waals surface area contributed by atoms with E-state index in [9.17, 15) is 18.3 Å². The lowest BCUT2D eigenvalue weighted by molar-refractivity contribution is -0.151. The van der Waals surface area contributed by atoms with Crippen molar-refractivity contribution in [3.05, 3.63) is 12.7 Å². The van der Waals surface area contributed by atoms with Crippen molar-refractivity contribution < 1.29 is 18.3 Å². The molecule has 0 aromatic rings. The fraction of sp³-hybridized carbons (Fsp3) is 0.750. The summed E-state index contributed by atoms with van der Waals surface area (Å²) in [5.41, 5.74) is -0.984. The van der Waals surface area contributed by atoms with Gasteiger partial charge in [-0.05, 0) is 32.1 Å². The number of sulfonamides is 1. The van der Waals surface area contributed by atoms with Crippen molar-refractivity contribution in [2.45, 2.75) is 37.4 Å². The zero-order valence-corrected chi connectivity index (χ0v) is 11.2. The highest BCUT2D eigenvalue weighted by Crippen LogP contribution is 2.39. The lowest BCUT2D eigenvalue weighted by Gasteiger charge is -2.38. The van der Waals surface area contributed by atoms with Crippen molar-refractivity contribution in [3.8, 4) is 0 Å². The first kappa shape index (κ1) is 13.5.